The maximum Gasteiger partial charge on any atom is 0.220 e. The largest absolute Gasteiger partial charge is 0.497 e. The number of benzene rings is 2. The van der Waals surface area contributed by atoms with E-state index in [1.54, 1.807) is 13.3 Å². The Morgan fingerprint density at radius 1 is 1.16 bits per heavy atom. The van der Waals surface area contributed by atoms with Gasteiger partial charge in [0.25, 0.3) is 0 Å². The number of rotatable bonds is 8. The summed E-state index contributed by atoms with van der Waals surface area (Å²) in [4.78, 5) is 16.7. The van der Waals surface area contributed by atoms with E-state index in [1.165, 1.54) is 5.56 Å². The number of aryl methyl sites for hydroxylation is 1. The maximum absolute atomic E-state index is 12.4. The van der Waals surface area contributed by atoms with E-state index in [0.29, 0.717) is 31.0 Å². The topological polar surface area (TPSA) is 73.6 Å². The number of methoxy groups -OCH3 is 1. The molecule has 0 radical (unpaired) electrons. The number of carbonyl (C=O) groups is 1. The Morgan fingerprint density at radius 2 is 1.97 bits per heavy atom. The molecule has 1 aromatic heterocycles. The van der Waals surface area contributed by atoms with Crippen LogP contribution < -0.4 is 10.1 Å². The lowest BCUT2D eigenvalue weighted by atomic mass is 9.89. The first-order valence-electron chi connectivity index (χ1n) is 10.8. The van der Waals surface area contributed by atoms with Crippen LogP contribution in [0.3, 0.4) is 0 Å². The fourth-order valence-electron chi connectivity index (χ4n) is 3.93. The van der Waals surface area contributed by atoms with Crippen molar-refractivity contribution in [2.24, 2.45) is 5.92 Å². The molecule has 31 heavy (non-hydrogen) atoms. The molecule has 1 N–H and O–H groups in total. The van der Waals surface area contributed by atoms with Crippen molar-refractivity contribution in [3.8, 4) is 17.1 Å². The molecule has 0 saturated carbocycles. The van der Waals surface area contributed by atoms with Gasteiger partial charge in [-0.05, 0) is 42.7 Å². The van der Waals surface area contributed by atoms with E-state index in [9.17, 15) is 4.79 Å². The van der Waals surface area contributed by atoms with Gasteiger partial charge in [0.05, 0.1) is 19.4 Å². The predicted octanol–water partition coefficient (Wildman–Crippen LogP) is 4.57. The number of aromatic nitrogens is 1. The molecular weight excluding hydrogens is 392 g/mol. The minimum atomic E-state index is 0.00147. The smallest absolute Gasteiger partial charge is 0.220 e. The molecule has 6 nitrogen and oxygen atoms in total. The number of hydrogen-bond donors (Lipinski definition) is 1. The highest BCUT2D eigenvalue weighted by Crippen LogP contribution is 2.33. The summed E-state index contributed by atoms with van der Waals surface area (Å²) < 4.78 is 17.0. The highest BCUT2D eigenvalue weighted by molar-refractivity contribution is 5.76. The van der Waals surface area contributed by atoms with Gasteiger partial charge in [0, 0.05) is 37.5 Å². The molecule has 1 amide bonds. The van der Waals surface area contributed by atoms with Crippen LogP contribution in [0.5, 0.6) is 5.75 Å². The van der Waals surface area contributed by atoms with Crippen LogP contribution in [0, 0.1) is 5.92 Å². The van der Waals surface area contributed by atoms with E-state index in [0.717, 1.165) is 30.8 Å². The fourth-order valence-corrected chi connectivity index (χ4v) is 3.93. The van der Waals surface area contributed by atoms with Crippen LogP contribution in [0.15, 0.2) is 65.2 Å². The van der Waals surface area contributed by atoms with Crippen molar-refractivity contribution in [2.45, 2.75) is 31.8 Å². The van der Waals surface area contributed by atoms with Crippen molar-refractivity contribution in [3.63, 3.8) is 0 Å². The van der Waals surface area contributed by atoms with E-state index in [-0.39, 0.29) is 17.9 Å². The van der Waals surface area contributed by atoms with Crippen molar-refractivity contribution in [1.82, 2.24) is 10.3 Å². The second kappa shape index (κ2) is 10.3. The van der Waals surface area contributed by atoms with Gasteiger partial charge < -0.3 is 19.2 Å². The molecule has 1 aliphatic heterocycles. The summed E-state index contributed by atoms with van der Waals surface area (Å²) >= 11 is 0. The van der Waals surface area contributed by atoms with Gasteiger partial charge in [-0.3, -0.25) is 4.79 Å². The molecule has 6 heteroatoms. The highest BCUT2D eigenvalue weighted by Gasteiger charge is 2.27. The second-order valence-electron chi connectivity index (χ2n) is 7.76. The molecule has 0 aliphatic carbocycles. The Labute approximate surface area is 182 Å². The van der Waals surface area contributed by atoms with Crippen molar-refractivity contribution in [3.05, 3.63) is 72.2 Å². The normalized spacial score (nSPS) is 18.5. The minimum absolute atomic E-state index is 0.00147. The summed E-state index contributed by atoms with van der Waals surface area (Å²) in [5, 5.41) is 3.07. The minimum Gasteiger partial charge on any atom is -0.497 e. The third kappa shape index (κ3) is 5.52. The van der Waals surface area contributed by atoms with Crippen LogP contribution in [0.2, 0.25) is 0 Å². The first-order chi connectivity index (χ1) is 15.2. The predicted molar refractivity (Wildman–Crippen MR) is 118 cm³/mol. The van der Waals surface area contributed by atoms with Gasteiger partial charge >= 0.3 is 0 Å². The number of carbonyl (C=O) groups excluding carboxylic acids is 1. The summed E-state index contributed by atoms with van der Waals surface area (Å²) in [6.07, 6.45) is 4.60. The monoisotopic (exact) mass is 420 g/mol. The van der Waals surface area contributed by atoms with E-state index in [4.69, 9.17) is 13.9 Å². The van der Waals surface area contributed by atoms with E-state index in [1.807, 2.05) is 42.5 Å². The average molecular weight is 421 g/mol. The molecular formula is C25H28N2O4. The van der Waals surface area contributed by atoms with E-state index >= 15 is 0 Å². The molecule has 3 aromatic rings. The third-order valence-corrected chi connectivity index (χ3v) is 5.63. The number of nitrogens with one attached hydrogen (secondary N) is 1. The molecule has 1 fully saturated rings. The van der Waals surface area contributed by atoms with Crippen LogP contribution in [-0.2, 0) is 16.0 Å². The van der Waals surface area contributed by atoms with E-state index < -0.39 is 0 Å². The Morgan fingerprint density at radius 3 is 2.74 bits per heavy atom. The van der Waals surface area contributed by atoms with Crippen LogP contribution in [0.25, 0.3) is 11.3 Å². The molecule has 162 valence electrons. The standard InChI is InChI=1S/C25H28N2O4/c1-29-21-11-9-18(10-12-21)22-17-27-24(31-22)14-13-23(28)26-16-20-8-5-15-30-25(20)19-6-3-2-4-7-19/h2-4,6-7,9-12,17,20,25H,5,8,13-16H2,1H3,(H,26,28). The Kier molecular flexibility index (Phi) is 6.99. The number of nitrogens with zero attached hydrogens (tertiary/aromatic N) is 1. The molecule has 4 rings (SSSR count). The number of amides is 1. The van der Waals surface area contributed by atoms with Gasteiger partial charge in [-0.25, -0.2) is 4.98 Å². The summed E-state index contributed by atoms with van der Waals surface area (Å²) in [6, 6.07) is 17.8. The summed E-state index contributed by atoms with van der Waals surface area (Å²) in [6.45, 7) is 1.38. The second-order valence-corrected chi connectivity index (χ2v) is 7.76. The fraction of sp³-hybridized carbons (Fsp3) is 0.360. The van der Waals surface area contributed by atoms with Gasteiger partial charge in [0.1, 0.15) is 5.75 Å². The first kappa shape index (κ1) is 21.1. The number of oxazole rings is 1. The third-order valence-electron chi connectivity index (χ3n) is 5.63. The average Bonchev–Trinajstić information content (AvgIpc) is 3.31. The molecule has 0 spiro atoms. The molecule has 2 aromatic carbocycles. The lowest BCUT2D eigenvalue weighted by Gasteiger charge is -2.32. The molecule has 2 heterocycles. The van der Waals surface area contributed by atoms with Gasteiger partial charge in [0.2, 0.25) is 5.91 Å². The zero-order chi connectivity index (χ0) is 21.5. The zero-order valence-electron chi connectivity index (χ0n) is 17.8. The van der Waals surface area contributed by atoms with Crippen LogP contribution in [-0.4, -0.2) is 31.2 Å². The summed E-state index contributed by atoms with van der Waals surface area (Å²) in [7, 11) is 1.63. The zero-order valence-corrected chi connectivity index (χ0v) is 17.8. The quantitative estimate of drug-likeness (QED) is 0.578. The van der Waals surface area contributed by atoms with Crippen LogP contribution >= 0.6 is 0 Å². The SMILES string of the molecule is COc1ccc(-c2cnc(CCC(=O)NCC3CCCOC3c3ccccc3)o2)cc1. The molecule has 0 bridgehead atoms. The molecule has 1 saturated heterocycles. The maximum atomic E-state index is 12.4. The van der Waals surface area contributed by atoms with Crippen molar-refractivity contribution < 1.29 is 18.7 Å². The van der Waals surface area contributed by atoms with Crippen LogP contribution in [0.1, 0.15) is 36.8 Å². The highest BCUT2D eigenvalue weighted by atomic mass is 16.5. The lowest BCUT2D eigenvalue weighted by Crippen LogP contribution is -2.35. The molecule has 2 unspecified atom stereocenters. The van der Waals surface area contributed by atoms with E-state index in [2.05, 4.69) is 22.4 Å². The number of hydrogen-bond acceptors (Lipinski definition) is 5. The molecule has 1 aliphatic rings. The lowest BCUT2D eigenvalue weighted by molar-refractivity contribution is -0.121. The van der Waals surface area contributed by atoms with Crippen molar-refractivity contribution in [2.75, 3.05) is 20.3 Å². The van der Waals surface area contributed by atoms with Gasteiger partial charge in [-0.1, -0.05) is 30.3 Å². The summed E-state index contributed by atoms with van der Waals surface area (Å²) in [5.74, 6) is 2.32. The van der Waals surface area contributed by atoms with Gasteiger partial charge in [0.15, 0.2) is 11.7 Å². The van der Waals surface area contributed by atoms with Crippen molar-refractivity contribution in [1.29, 1.82) is 0 Å². The van der Waals surface area contributed by atoms with Crippen LogP contribution in [0.4, 0.5) is 0 Å². The van der Waals surface area contributed by atoms with Gasteiger partial charge in [-0.15, -0.1) is 0 Å². The Hall–Kier alpha value is -3.12. The first-order valence-corrected chi connectivity index (χ1v) is 10.8. The Bertz CT molecular complexity index is 969. The number of ether oxygens (including phenoxy) is 2. The Balaban J connectivity index is 1.27. The summed E-state index contributed by atoms with van der Waals surface area (Å²) in [5.41, 5.74) is 2.10. The van der Waals surface area contributed by atoms with Crippen molar-refractivity contribution >= 4 is 5.91 Å². The molecule has 2 atom stereocenters. The van der Waals surface area contributed by atoms with Gasteiger partial charge in [-0.2, -0.15) is 0 Å².